The quantitative estimate of drug-likeness (QED) is 0.307. The molecule has 3 N–H and O–H groups in total. The highest BCUT2D eigenvalue weighted by atomic mass is 35.5. The molecule has 35 heavy (non-hydrogen) atoms. The molecule has 0 saturated heterocycles. The van der Waals surface area contributed by atoms with Crippen LogP contribution in [-0.4, -0.2) is 22.8 Å². The fraction of sp³-hybridized carbons (Fsp3) is 0.536. The summed E-state index contributed by atoms with van der Waals surface area (Å²) in [7, 11) is 0. The molecule has 2 bridgehead atoms. The number of aromatic carboxylic acids is 1. The van der Waals surface area contributed by atoms with Crippen molar-refractivity contribution in [3.63, 3.8) is 0 Å². The monoisotopic (exact) mass is 503 g/mol. The Balaban J connectivity index is 1.81. The number of rotatable bonds is 9. The first-order valence-corrected chi connectivity index (χ1v) is 12.8. The van der Waals surface area contributed by atoms with Crippen LogP contribution < -0.4 is 10.1 Å². The van der Waals surface area contributed by atoms with Crippen molar-refractivity contribution in [1.29, 1.82) is 0 Å². The number of hydrogen-bond acceptors (Lipinski definition) is 4. The summed E-state index contributed by atoms with van der Waals surface area (Å²) in [4.78, 5) is 12.2. The zero-order chi connectivity index (χ0) is 25.5. The number of fused-ring (bicyclic) bond motifs is 2. The van der Waals surface area contributed by atoms with Crippen LogP contribution in [0, 0.1) is 22.6 Å². The summed E-state index contributed by atoms with van der Waals surface area (Å²) in [6.45, 7) is 9.59. The summed E-state index contributed by atoms with van der Waals surface area (Å²) in [5.41, 5.74) is 2.21. The maximum atomic E-state index is 14.0. The van der Waals surface area contributed by atoms with E-state index in [1.165, 1.54) is 12.5 Å². The highest BCUT2D eigenvalue weighted by Crippen LogP contribution is 2.72. The van der Waals surface area contributed by atoms with Gasteiger partial charge in [-0.2, -0.15) is 0 Å². The number of phenolic OH excluding ortho intramolecular Hbond substituents is 1. The van der Waals surface area contributed by atoms with E-state index in [9.17, 15) is 19.4 Å². The van der Waals surface area contributed by atoms with E-state index in [-0.39, 0.29) is 39.6 Å². The number of carboxylic acid groups (broad SMARTS) is 1. The van der Waals surface area contributed by atoms with Crippen molar-refractivity contribution >= 4 is 23.3 Å². The molecule has 190 valence electrons. The van der Waals surface area contributed by atoms with Gasteiger partial charge in [-0.3, -0.25) is 0 Å². The second-order valence-electron chi connectivity index (χ2n) is 10.8. The molecule has 2 aliphatic carbocycles. The lowest BCUT2D eigenvalue weighted by molar-refractivity contribution is 0.0691. The van der Waals surface area contributed by atoms with Crippen LogP contribution in [0.15, 0.2) is 24.3 Å². The van der Waals surface area contributed by atoms with Crippen molar-refractivity contribution in [3.05, 3.63) is 51.8 Å². The summed E-state index contributed by atoms with van der Waals surface area (Å²) >= 11 is 5.98. The van der Waals surface area contributed by atoms with E-state index in [1.807, 2.05) is 0 Å². The Hall–Kier alpha value is -2.47. The van der Waals surface area contributed by atoms with Crippen molar-refractivity contribution in [2.75, 3.05) is 11.9 Å². The maximum Gasteiger partial charge on any atom is 0.339 e. The average Bonchev–Trinajstić information content (AvgIpc) is 3.14. The fourth-order valence-electron chi connectivity index (χ4n) is 6.33. The molecule has 2 aliphatic rings. The number of benzene rings is 2. The molecule has 3 atom stereocenters. The Labute approximate surface area is 211 Å². The third-order valence-electron chi connectivity index (χ3n) is 8.89. The van der Waals surface area contributed by atoms with Gasteiger partial charge in [-0.25, -0.2) is 9.18 Å². The lowest BCUT2D eigenvalue weighted by Gasteiger charge is -2.40. The van der Waals surface area contributed by atoms with Crippen LogP contribution in [0.5, 0.6) is 11.5 Å². The summed E-state index contributed by atoms with van der Waals surface area (Å²) in [5, 5.41) is 23.6. The molecule has 0 aliphatic heterocycles. The van der Waals surface area contributed by atoms with E-state index < -0.39 is 11.8 Å². The second-order valence-corrected chi connectivity index (χ2v) is 11.2. The molecule has 0 amide bonds. The van der Waals surface area contributed by atoms with E-state index in [0.29, 0.717) is 23.8 Å². The standard InChI is InChI=1S/C28H35ClFNO4/c1-5-6-11-35-25-19(26(33)34)7-8-22(31-15-16-12-18(30)14-21(29)24(16)32)23(25)20-13-17-9-10-28(20,4)27(17,2)3/h7-8,12,14,17,20,31-32H,5-6,9-11,13,15H2,1-4H3,(H,33,34). The van der Waals surface area contributed by atoms with Gasteiger partial charge in [-0.05, 0) is 72.6 Å². The maximum absolute atomic E-state index is 14.0. The third-order valence-corrected chi connectivity index (χ3v) is 9.18. The van der Waals surface area contributed by atoms with E-state index in [0.717, 1.165) is 43.0 Å². The predicted octanol–water partition coefficient (Wildman–Crippen LogP) is 7.60. The molecule has 2 fully saturated rings. The topological polar surface area (TPSA) is 78.8 Å². The summed E-state index contributed by atoms with van der Waals surface area (Å²) in [6, 6.07) is 5.66. The molecule has 0 heterocycles. The van der Waals surface area contributed by atoms with Crippen LogP contribution >= 0.6 is 11.6 Å². The minimum absolute atomic E-state index is 0.0155. The number of unbranched alkanes of at least 4 members (excludes halogenated alkanes) is 1. The zero-order valence-electron chi connectivity index (χ0n) is 20.9. The first-order valence-electron chi connectivity index (χ1n) is 12.4. The van der Waals surface area contributed by atoms with Crippen LogP contribution in [0.25, 0.3) is 0 Å². The van der Waals surface area contributed by atoms with E-state index >= 15 is 0 Å². The van der Waals surface area contributed by atoms with Gasteiger partial charge in [0.2, 0.25) is 0 Å². The molecular weight excluding hydrogens is 469 g/mol. The normalized spacial score (nSPS) is 24.5. The van der Waals surface area contributed by atoms with Gasteiger partial charge >= 0.3 is 5.97 Å². The van der Waals surface area contributed by atoms with Gasteiger partial charge in [0, 0.05) is 23.4 Å². The first kappa shape index (κ1) is 25.6. The van der Waals surface area contributed by atoms with Gasteiger partial charge in [0.15, 0.2) is 0 Å². The largest absolute Gasteiger partial charge is 0.506 e. The number of anilines is 1. The van der Waals surface area contributed by atoms with Crippen molar-refractivity contribution in [2.24, 2.45) is 16.7 Å². The number of carboxylic acids is 1. The van der Waals surface area contributed by atoms with Crippen LogP contribution in [0.1, 0.15) is 87.2 Å². The number of ether oxygens (including phenoxy) is 1. The molecule has 2 aromatic carbocycles. The Morgan fingerprint density at radius 2 is 2.03 bits per heavy atom. The van der Waals surface area contributed by atoms with Crippen molar-refractivity contribution < 1.29 is 24.1 Å². The van der Waals surface area contributed by atoms with Gasteiger partial charge < -0.3 is 20.3 Å². The lowest BCUT2D eigenvalue weighted by Crippen LogP contribution is -2.32. The third kappa shape index (κ3) is 4.35. The zero-order valence-corrected chi connectivity index (χ0v) is 21.6. The number of hydrogen-bond donors (Lipinski definition) is 3. The van der Waals surface area contributed by atoms with Gasteiger partial charge in [0.25, 0.3) is 0 Å². The molecule has 0 aromatic heterocycles. The number of phenols is 1. The summed E-state index contributed by atoms with van der Waals surface area (Å²) in [5.74, 6) is -0.639. The number of halogens is 2. The minimum atomic E-state index is -1.02. The molecule has 2 saturated carbocycles. The highest BCUT2D eigenvalue weighted by Gasteiger charge is 2.62. The number of nitrogens with one attached hydrogen (secondary N) is 1. The van der Waals surface area contributed by atoms with Crippen LogP contribution in [-0.2, 0) is 6.54 Å². The molecular formula is C28H35ClFNO4. The van der Waals surface area contributed by atoms with Gasteiger partial charge in [0.05, 0.1) is 11.6 Å². The van der Waals surface area contributed by atoms with E-state index in [4.69, 9.17) is 16.3 Å². The lowest BCUT2D eigenvalue weighted by atomic mass is 9.64. The van der Waals surface area contributed by atoms with Gasteiger partial charge in [0.1, 0.15) is 22.9 Å². The fourth-order valence-corrected chi connectivity index (χ4v) is 6.55. The van der Waals surface area contributed by atoms with Crippen LogP contribution in [0.2, 0.25) is 5.02 Å². The molecule has 4 rings (SSSR count). The Morgan fingerprint density at radius 3 is 2.63 bits per heavy atom. The van der Waals surface area contributed by atoms with Gasteiger partial charge in [-0.15, -0.1) is 0 Å². The average molecular weight is 504 g/mol. The number of aromatic hydroxyl groups is 1. The van der Waals surface area contributed by atoms with Crippen molar-refractivity contribution in [1.82, 2.24) is 0 Å². The van der Waals surface area contributed by atoms with Gasteiger partial charge in [-0.1, -0.05) is 45.7 Å². The molecule has 7 heteroatoms. The predicted molar refractivity (Wildman–Crippen MR) is 136 cm³/mol. The molecule has 2 aromatic rings. The van der Waals surface area contributed by atoms with Crippen molar-refractivity contribution in [3.8, 4) is 11.5 Å². The minimum Gasteiger partial charge on any atom is -0.506 e. The Kier molecular flexibility index (Phi) is 6.98. The first-order chi connectivity index (χ1) is 16.5. The van der Waals surface area contributed by atoms with Crippen LogP contribution in [0.4, 0.5) is 10.1 Å². The molecule has 0 radical (unpaired) electrons. The van der Waals surface area contributed by atoms with E-state index in [2.05, 4.69) is 33.0 Å². The smallest absolute Gasteiger partial charge is 0.339 e. The molecule has 0 spiro atoms. The second kappa shape index (κ2) is 9.53. The summed E-state index contributed by atoms with van der Waals surface area (Å²) in [6.07, 6.45) is 4.96. The Bertz CT molecular complexity index is 1130. The van der Waals surface area contributed by atoms with Crippen LogP contribution in [0.3, 0.4) is 0 Å². The molecule has 5 nitrogen and oxygen atoms in total. The number of carbonyl (C=O) groups is 1. The molecule has 3 unspecified atom stereocenters. The SMILES string of the molecule is CCCCOc1c(C(=O)O)ccc(NCc2cc(F)cc(Cl)c2O)c1C1CC2CCC1(C)C2(C)C. The van der Waals surface area contributed by atoms with Crippen molar-refractivity contribution in [2.45, 2.75) is 72.3 Å². The Morgan fingerprint density at radius 1 is 1.29 bits per heavy atom. The summed E-state index contributed by atoms with van der Waals surface area (Å²) < 4.78 is 20.2. The van der Waals surface area contributed by atoms with E-state index in [1.54, 1.807) is 12.1 Å². The highest BCUT2D eigenvalue weighted by molar-refractivity contribution is 6.32.